The average Bonchev–Trinajstić information content (AvgIpc) is 2.69. The van der Waals surface area contributed by atoms with Gasteiger partial charge in [-0.15, -0.1) is 0 Å². The standard InChI is InChI=1S/C19H27N3O3/c23-18(21-9-5-2-6-10-21)17(15-16-7-3-1-4-8-16)20-19(24)22-11-13-25-14-12-22/h1,3-4,7-8,17H,2,5-6,9-15H2,(H,20,24)/t17-/m0/s1. The molecule has 1 aromatic carbocycles. The third-order valence-corrected chi connectivity index (χ3v) is 4.84. The molecule has 0 aliphatic carbocycles. The second-order valence-corrected chi connectivity index (χ2v) is 6.68. The van der Waals surface area contributed by atoms with Crippen molar-refractivity contribution in [3.63, 3.8) is 0 Å². The summed E-state index contributed by atoms with van der Waals surface area (Å²) in [5.74, 6) is 0.0326. The number of carbonyl (C=O) groups excluding carboxylic acids is 2. The Balaban J connectivity index is 1.68. The SMILES string of the molecule is O=C(N[C@@H](Cc1ccccc1)C(=O)N1CCCCC1)N1CCOCC1. The van der Waals surface area contributed by atoms with E-state index >= 15 is 0 Å². The van der Waals surface area contributed by atoms with E-state index in [0.29, 0.717) is 32.7 Å². The van der Waals surface area contributed by atoms with Crippen LogP contribution >= 0.6 is 0 Å². The van der Waals surface area contributed by atoms with Crippen LogP contribution in [0.1, 0.15) is 24.8 Å². The van der Waals surface area contributed by atoms with Crippen molar-refractivity contribution in [3.8, 4) is 0 Å². The molecule has 1 atom stereocenters. The Morgan fingerprint density at radius 2 is 1.64 bits per heavy atom. The van der Waals surface area contributed by atoms with Crippen molar-refractivity contribution >= 4 is 11.9 Å². The van der Waals surface area contributed by atoms with Crippen molar-refractivity contribution in [1.29, 1.82) is 0 Å². The molecular weight excluding hydrogens is 318 g/mol. The highest BCUT2D eigenvalue weighted by Crippen LogP contribution is 2.13. The maximum absolute atomic E-state index is 13.0. The fourth-order valence-electron chi connectivity index (χ4n) is 3.39. The normalized spacial score (nSPS) is 19.4. The van der Waals surface area contributed by atoms with Crippen LogP contribution in [0.15, 0.2) is 30.3 Å². The molecule has 2 heterocycles. The van der Waals surface area contributed by atoms with E-state index in [-0.39, 0.29) is 11.9 Å². The van der Waals surface area contributed by atoms with E-state index in [9.17, 15) is 9.59 Å². The molecule has 1 aromatic rings. The number of piperidine rings is 1. The number of likely N-dealkylation sites (tertiary alicyclic amines) is 1. The Labute approximate surface area is 149 Å². The second kappa shape index (κ2) is 8.85. The van der Waals surface area contributed by atoms with Crippen LogP contribution in [0.4, 0.5) is 4.79 Å². The minimum Gasteiger partial charge on any atom is -0.378 e. The topological polar surface area (TPSA) is 61.9 Å². The first-order valence-corrected chi connectivity index (χ1v) is 9.20. The number of urea groups is 1. The van der Waals surface area contributed by atoms with E-state index in [0.717, 1.165) is 31.5 Å². The maximum atomic E-state index is 13.0. The Kier molecular flexibility index (Phi) is 6.28. The molecule has 2 saturated heterocycles. The Morgan fingerprint density at radius 3 is 2.32 bits per heavy atom. The summed E-state index contributed by atoms with van der Waals surface area (Å²) in [4.78, 5) is 29.2. The van der Waals surface area contributed by atoms with Crippen molar-refractivity contribution in [1.82, 2.24) is 15.1 Å². The average molecular weight is 345 g/mol. The molecular formula is C19H27N3O3. The van der Waals surface area contributed by atoms with Gasteiger partial charge in [0.1, 0.15) is 6.04 Å². The van der Waals surface area contributed by atoms with Crippen LogP contribution in [0.25, 0.3) is 0 Å². The summed E-state index contributed by atoms with van der Waals surface area (Å²) in [6.45, 7) is 3.83. The number of rotatable bonds is 4. The molecule has 0 radical (unpaired) electrons. The van der Waals surface area contributed by atoms with Crippen molar-refractivity contribution in [3.05, 3.63) is 35.9 Å². The summed E-state index contributed by atoms with van der Waals surface area (Å²) in [5, 5.41) is 2.97. The molecule has 25 heavy (non-hydrogen) atoms. The number of hydrogen-bond donors (Lipinski definition) is 1. The van der Waals surface area contributed by atoms with Gasteiger partial charge < -0.3 is 19.9 Å². The summed E-state index contributed by atoms with van der Waals surface area (Å²) in [6, 6.07) is 9.18. The number of nitrogens with zero attached hydrogens (tertiary/aromatic N) is 2. The van der Waals surface area contributed by atoms with Crippen LogP contribution in [-0.2, 0) is 16.0 Å². The van der Waals surface area contributed by atoms with Gasteiger partial charge in [0.05, 0.1) is 13.2 Å². The molecule has 0 unspecified atom stereocenters. The molecule has 2 aliphatic heterocycles. The fourth-order valence-corrected chi connectivity index (χ4v) is 3.39. The van der Waals surface area contributed by atoms with Gasteiger partial charge in [-0.1, -0.05) is 30.3 Å². The Morgan fingerprint density at radius 1 is 0.960 bits per heavy atom. The lowest BCUT2D eigenvalue weighted by molar-refractivity contribution is -0.134. The molecule has 3 amide bonds. The molecule has 0 spiro atoms. The molecule has 0 bridgehead atoms. The lowest BCUT2D eigenvalue weighted by Gasteiger charge is -2.33. The predicted octanol–water partition coefficient (Wildman–Crippen LogP) is 1.65. The van der Waals surface area contributed by atoms with Gasteiger partial charge in [0.25, 0.3) is 0 Å². The lowest BCUT2D eigenvalue weighted by atomic mass is 10.0. The van der Waals surface area contributed by atoms with Gasteiger partial charge in [-0.25, -0.2) is 4.79 Å². The van der Waals surface area contributed by atoms with E-state index in [2.05, 4.69) is 5.32 Å². The Hall–Kier alpha value is -2.08. The monoisotopic (exact) mass is 345 g/mol. The minimum absolute atomic E-state index is 0.0326. The van der Waals surface area contributed by atoms with E-state index in [1.54, 1.807) is 4.90 Å². The molecule has 2 fully saturated rings. The van der Waals surface area contributed by atoms with Gasteiger partial charge in [-0.2, -0.15) is 0 Å². The smallest absolute Gasteiger partial charge is 0.318 e. The molecule has 1 N–H and O–H groups in total. The largest absolute Gasteiger partial charge is 0.378 e. The molecule has 6 heteroatoms. The van der Waals surface area contributed by atoms with Gasteiger partial charge in [0.15, 0.2) is 0 Å². The van der Waals surface area contributed by atoms with E-state index < -0.39 is 6.04 Å². The second-order valence-electron chi connectivity index (χ2n) is 6.68. The highest BCUT2D eigenvalue weighted by molar-refractivity contribution is 5.87. The third kappa shape index (κ3) is 4.95. The number of hydrogen-bond acceptors (Lipinski definition) is 3. The molecule has 3 rings (SSSR count). The van der Waals surface area contributed by atoms with Crippen LogP contribution < -0.4 is 5.32 Å². The van der Waals surface area contributed by atoms with E-state index in [4.69, 9.17) is 4.74 Å². The van der Waals surface area contributed by atoms with Crippen LogP contribution in [0, 0.1) is 0 Å². The maximum Gasteiger partial charge on any atom is 0.318 e. The molecule has 136 valence electrons. The zero-order valence-corrected chi connectivity index (χ0v) is 14.7. The lowest BCUT2D eigenvalue weighted by Crippen LogP contribution is -2.55. The summed E-state index contributed by atoms with van der Waals surface area (Å²) < 4.78 is 5.30. The highest BCUT2D eigenvalue weighted by atomic mass is 16.5. The van der Waals surface area contributed by atoms with Crippen molar-refractivity contribution in [2.24, 2.45) is 0 Å². The van der Waals surface area contributed by atoms with Gasteiger partial charge in [0, 0.05) is 32.6 Å². The first-order valence-electron chi connectivity index (χ1n) is 9.20. The molecule has 0 saturated carbocycles. The van der Waals surface area contributed by atoms with Gasteiger partial charge in [0.2, 0.25) is 5.91 Å². The molecule has 6 nitrogen and oxygen atoms in total. The number of benzene rings is 1. The van der Waals surface area contributed by atoms with Crippen molar-refractivity contribution in [2.45, 2.75) is 31.7 Å². The number of carbonyl (C=O) groups is 2. The predicted molar refractivity (Wildman–Crippen MR) is 95.3 cm³/mol. The minimum atomic E-state index is -0.518. The summed E-state index contributed by atoms with van der Waals surface area (Å²) in [6.07, 6.45) is 3.78. The third-order valence-electron chi connectivity index (χ3n) is 4.84. The first kappa shape index (κ1) is 17.7. The van der Waals surface area contributed by atoms with Gasteiger partial charge in [-0.3, -0.25) is 4.79 Å². The van der Waals surface area contributed by atoms with Crippen molar-refractivity contribution in [2.75, 3.05) is 39.4 Å². The summed E-state index contributed by atoms with van der Waals surface area (Å²) in [7, 11) is 0. The number of amides is 3. The highest BCUT2D eigenvalue weighted by Gasteiger charge is 2.29. The zero-order valence-electron chi connectivity index (χ0n) is 14.7. The van der Waals surface area contributed by atoms with E-state index in [1.807, 2.05) is 35.2 Å². The zero-order chi connectivity index (χ0) is 17.5. The summed E-state index contributed by atoms with van der Waals surface area (Å²) >= 11 is 0. The van der Waals surface area contributed by atoms with Crippen molar-refractivity contribution < 1.29 is 14.3 Å². The molecule has 0 aromatic heterocycles. The van der Waals surface area contributed by atoms with Gasteiger partial charge in [-0.05, 0) is 24.8 Å². The van der Waals surface area contributed by atoms with Crippen LogP contribution in [0.5, 0.6) is 0 Å². The fraction of sp³-hybridized carbons (Fsp3) is 0.579. The van der Waals surface area contributed by atoms with Crippen LogP contribution in [-0.4, -0.2) is 67.2 Å². The van der Waals surface area contributed by atoms with Gasteiger partial charge >= 0.3 is 6.03 Å². The first-order chi connectivity index (χ1) is 12.2. The number of nitrogens with one attached hydrogen (secondary N) is 1. The number of morpholine rings is 1. The number of ether oxygens (including phenoxy) is 1. The van der Waals surface area contributed by atoms with Crippen LogP contribution in [0.2, 0.25) is 0 Å². The quantitative estimate of drug-likeness (QED) is 0.903. The summed E-state index contributed by atoms with van der Waals surface area (Å²) in [5.41, 5.74) is 1.06. The Bertz CT molecular complexity index is 567. The van der Waals surface area contributed by atoms with Crippen LogP contribution in [0.3, 0.4) is 0 Å². The molecule has 2 aliphatic rings. The van der Waals surface area contributed by atoms with E-state index in [1.165, 1.54) is 6.42 Å².